The van der Waals surface area contributed by atoms with Crippen molar-refractivity contribution >= 4 is 22.5 Å². The number of carbonyl (C=O) groups is 1. The van der Waals surface area contributed by atoms with Crippen LogP contribution in [0.5, 0.6) is 0 Å². The van der Waals surface area contributed by atoms with Gasteiger partial charge in [-0.15, -0.1) is 11.3 Å². The second-order valence-electron chi connectivity index (χ2n) is 8.81. The molecule has 3 aliphatic carbocycles. The first-order valence-corrected chi connectivity index (χ1v) is 12.1. The summed E-state index contributed by atoms with van der Waals surface area (Å²) in [5.74, 6) is 0. The molecule has 0 atom stereocenters. The number of fused-ring (bicyclic) bond motifs is 2. The number of aryl methyl sites for hydroxylation is 4. The molecule has 2 aromatic rings. The van der Waals surface area contributed by atoms with Gasteiger partial charge in [-0.1, -0.05) is 0 Å². The van der Waals surface area contributed by atoms with Crippen molar-refractivity contribution in [2.45, 2.75) is 89.1 Å². The Hall–Kier alpha value is -2.22. The molecule has 0 aliphatic heterocycles. The molecule has 2 aromatic heterocycles. The Bertz CT molecular complexity index is 966. The van der Waals surface area contributed by atoms with E-state index in [-0.39, 0.29) is 23.7 Å². The lowest BCUT2D eigenvalue weighted by molar-refractivity contribution is 0.234. The highest BCUT2D eigenvalue weighted by molar-refractivity contribution is 7.15. The second kappa shape index (κ2) is 8.49. The van der Waals surface area contributed by atoms with Gasteiger partial charge in [-0.05, 0) is 82.6 Å². The number of hydrogen-bond acceptors (Lipinski definition) is 5. The van der Waals surface area contributed by atoms with Crippen LogP contribution >= 0.6 is 11.3 Å². The van der Waals surface area contributed by atoms with Gasteiger partial charge in [0.15, 0.2) is 5.13 Å². The summed E-state index contributed by atoms with van der Waals surface area (Å²) in [5.41, 5.74) is 3.42. The van der Waals surface area contributed by atoms with Gasteiger partial charge in [-0.3, -0.25) is 10.1 Å². The highest BCUT2D eigenvalue weighted by atomic mass is 32.1. The molecule has 1 fully saturated rings. The highest BCUT2D eigenvalue weighted by Gasteiger charge is 2.26. The summed E-state index contributed by atoms with van der Waals surface area (Å²) in [4.78, 5) is 30.9. The fraction of sp³-hybridized carbons (Fsp3) is 0.636. The van der Waals surface area contributed by atoms with Crippen molar-refractivity contribution in [1.29, 1.82) is 0 Å². The van der Waals surface area contributed by atoms with Crippen LogP contribution in [-0.2, 0) is 25.7 Å². The number of carbonyl (C=O) groups excluding carboxylic acids is 1. The van der Waals surface area contributed by atoms with Crippen molar-refractivity contribution in [1.82, 2.24) is 20.1 Å². The van der Waals surface area contributed by atoms with Crippen LogP contribution in [0.2, 0.25) is 0 Å². The maximum absolute atomic E-state index is 12.6. The average Bonchev–Trinajstić information content (AvgIpc) is 3.16. The number of rotatable bonds is 3. The van der Waals surface area contributed by atoms with Gasteiger partial charge >= 0.3 is 6.03 Å². The van der Waals surface area contributed by atoms with E-state index in [0.29, 0.717) is 5.13 Å². The van der Waals surface area contributed by atoms with Crippen molar-refractivity contribution in [2.24, 2.45) is 0 Å². The van der Waals surface area contributed by atoms with E-state index in [9.17, 15) is 9.59 Å². The molecule has 0 spiro atoms. The molecule has 2 amide bonds. The summed E-state index contributed by atoms with van der Waals surface area (Å²) in [5, 5.41) is 11.4. The minimum Gasteiger partial charge on any atom is -0.335 e. The third-order valence-corrected chi connectivity index (χ3v) is 7.75. The van der Waals surface area contributed by atoms with Gasteiger partial charge < -0.3 is 5.32 Å². The Morgan fingerprint density at radius 3 is 2.53 bits per heavy atom. The van der Waals surface area contributed by atoms with Gasteiger partial charge in [0.05, 0.1) is 17.4 Å². The first-order valence-electron chi connectivity index (χ1n) is 11.3. The lowest BCUT2D eigenvalue weighted by atomic mass is 9.91. The van der Waals surface area contributed by atoms with E-state index >= 15 is 0 Å². The van der Waals surface area contributed by atoms with Gasteiger partial charge in [-0.25, -0.2) is 14.5 Å². The molecule has 0 radical (unpaired) electrons. The van der Waals surface area contributed by atoms with E-state index in [1.54, 1.807) is 22.1 Å². The maximum atomic E-state index is 12.6. The summed E-state index contributed by atoms with van der Waals surface area (Å²) in [6, 6.07) is 1.89. The van der Waals surface area contributed by atoms with E-state index in [4.69, 9.17) is 5.10 Å². The minimum atomic E-state index is -0.173. The quantitative estimate of drug-likeness (QED) is 0.780. The summed E-state index contributed by atoms with van der Waals surface area (Å²) >= 11 is 1.61. The fourth-order valence-corrected chi connectivity index (χ4v) is 6.07. The van der Waals surface area contributed by atoms with E-state index in [0.717, 1.165) is 81.2 Å². The van der Waals surface area contributed by atoms with Crippen LogP contribution in [0.15, 0.2) is 10.9 Å². The molecule has 1 saturated carbocycles. The molecule has 0 saturated heterocycles. The number of aromatic nitrogens is 3. The normalized spacial score (nSPS) is 23.3. The molecule has 5 rings (SSSR count). The molecule has 2 N–H and O–H groups in total. The molecule has 0 bridgehead atoms. The molecule has 3 aliphatic rings. The molecule has 0 unspecified atom stereocenters. The molecular formula is C22H29N5O2S. The largest absolute Gasteiger partial charge is 0.335 e. The Kier molecular flexibility index (Phi) is 5.58. The van der Waals surface area contributed by atoms with Crippen LogP contribution in [0.4, 0.5) is 9.93 Å². The van der Waals surface area contributed by atoms with Crippen molar-refractivity contribution in [2.75, 3.05) is 5.32 Å². The predicted molar refractivity (Wildman–Crippen MR) is 117 cm³/mol. The SMILES string of the molecule is O=C(Nc1nc2c(s1)CCCC2)NC1CCC(n2nc3c(cc2=O)CCCC3)CC1. The number of anilines is 1. The zero-order valence-electron chi connectivity index (χ0n) is 17.3. The number of hydrogen-bond donors (Lipinski definition) is 2. The summed E-state index contributed by atoms with van der Waals surface area (Å²) in [6.45, 7) is 0. The van der Waals surface area contributed by atoms with Crippen molar-refractivity contribution in [3.05, 3.63) is 38.2 Å². The topological polar surface area (TPSA) is 88.9 Å². The Morgan fingerprint density at radius 2 is 1.73 bits per heavy atom. The Morgan fingerprint density at radius 1 is 1.00 bits per heavy atom. The van der Waals surface area contributed by atoms with Crippen molar-refractivity contribution in [3.63, 3.8) is 0 Å². The first kappa shape index (κ1) is 19.7. The highest BCUT2D eigenvalue weighted by Crippen LogP contribution is 2.30. The van der Waals surface area contributed by atoms with Crippen LogP contribution in [0.3, 0.4) is 0 Å². The Labute approximate surface area is 180 Å². The minimum absolute atomic E-state index is 0.0255. The van der Waals surface area contributed by atoms with Crippen LogP contribution < -0.4 is 16.2 Å². The third kappa shape index (κ3) is 4.15. The lowest BCUT2D eigenvalue weighted by Crippen LogP contribution is -2.41. The van der Waals surface area contributed by atoms with Gasteiger partial charge in [0.2, 0.25) is 0 Å². The molecule has 2 heterocycles. The van der Waals surface area contributed by atoms with E-state index in [1.165, 1.54) is 17.7 Å². The number of thiazole rings is 1. The van der Waals surface area contributed by atoms with Crippen LogP contribution in [-0.4, -0.2) is 26.8 Å². The third-order valence-electron chi connectivity index (χ3n) is 6.68. The number of nitrogens with one attached hydrogen (secondary N) is 2. The van der Waals surface area contributed by atoms with Crippen LogP contribution in [0.1, 0.15) is 79.2 Å². The van der Waals surface area contributed by atoms with E-state index in [2.05, 4.69) is 15.6 Å². The van der Waals surface area contributed by atoms with Crippen LogP contribution in [0.25, 0.3) is 0 Å². The van der Waals surface area contributed by atoms with E-state index < -0.39 is 0 Å². The summed E-state index contributed by atoms with van der Waals surface area (Å²) < 4.78 is 1.71. The molecule has 160 valence electrons. The molecule has 30 heavy (non-hydrogen) atoms. The average molecular weight is 428 g/mol. The van der Waals surface area contributed by atoms with Gasteiger partial charge in [0.25, 0.3) is 5.56 Å². The van der Waals surface area contributed by atoms with Gasteiger partial charge in [0.1, 0.15) is 0 Å². The number of urea groups is 1. The van der Waals surface area contributed by atoms with Crippen molar-refractivity contribution in [3.8, 4) is 0 Å². The van der Waals surface area contributed by atoms with Gasteiger partial charge in [0, 0.05) is 17.0 Å². The zero-order valence-corrected chi connectivity index (χ0v) is 18.1. The van der Waals surface area contributed by atoms with Crippen LogP contribution in [0, 0.1) is 0 Å². The van der Waals surface area contributed by atoms with E-state index in [1.807, 2.05) is 0 Å². The zero-order chi connectivity index (χ0) is 20.5. The first-order chi connectivity index (χ1) is 14.7. The monoisotopic (exact) mass is 427 g/mol. The maximum Gasteiger partial charge on any atom is 0.321 e. The lowest BCUT2D eigenvalue weighted by Gasteiger charge is -2.30. The Balaban J connectivity index is 1.16. The fourth-order valence-electron chi connectivity index (χ4n) is 5.03. The molecule has 7 nitrogen and oxygen atoms in total. The standard InChI is InChI=1S/C22H29N5O2S/c28-20-13-14-5-1-2-6-17(14)26-27(20)16-11-9-15(10-12-16)23-21(29)25-22-24-18-7-3-4-8-19(18)30-22/h13,15-16H,1-12H2,(H2,23,24,25,29). The van der Waals surface area contributed by atoms with Gasteiger partial charge in [-0.2, -0.15) is 5.10 Å². The van der Waals surface area contributed by atoms with Crippen molar-refractivity contribution < 1.29 is 4.79 Å². The molecule has 8 heteroatoms. The smallest absolute Gasteiger partial charge is 0.321 e. The molecule has 0 aromatic carbocycles. The summed E-state index contributed by atoms with van der Waals surface area (Å²) in [7, 11) is 0. The molecular weight excluding hydrogens is 398 g/mol. The predicted octanol–water partition coefficient (Wildman–Crippen LogP) is 3.76. The second-order valence-corrected chi connectivity index (χ2v) is 9.89. The number of amides is 2. The number of nitrogens with zero attached hydrogens (tertiary/aromatic N) is 3. The summed E-state index contributed by atoms with van der Waals surface area (Å²) in [6.07, 6.45) is 12.2.